The van der Waals surface area contributed by atoms with Crippen molar-refractivity contribution >= 4 is 0 Å². The molecule has 0 aliphatic heterocycles. The van der Waals surface area contributed by atoms with Gasteiger partial charge in [0.15, 0.2) is 11.5 Å². The number of hydrogen-bond acceptors (Lipinski definition) is 4. The Bertz CT molecular complexity index is 426. The Morgan fingerprint density at radius 1 is 1.30 bits per heavy atom. The number of hydrogen-bond donors (Lipinski definition) is 2. The summed E-state index contributed by atoms with van der Waals surface area (Å²) >= 11 is 0. The van der Waals surface area contributed by atoms with E-state index in [0.29, 0.717) is 18.0 Å². The third-order valence-electron chi connectivity index (χ3n) is 2.91. The van der Waals surface area contributed by atoms with Gasteiger partial charge in [-0.1, -0.05) is 18.1 Å². The van der Waals surface area contributed by atoms with Gasteiger partial charge in [-0.2, -0.15) is 0 Å². The van der Waals surface area contributed by atoms with E-state index >= 15 is 0 Å². The molecule has 0 saturated carbocycles. The molecule has 0 aliphatic carbocycles. The maximum atomic E-state index is 8.71. The van der Waals surface area contributed by atoms with Gasteiger partial charge in [-0.05, 0) is 31.9 Å². The molecule has 0 saturated heterocycles. The van der Waals surface area contributed by atoms with E-state index in [0.717, 1.165) is 31.4 Å². The van der Waals surface area contributed by atoms with E-state index in [-0.39, 0.29) is 13.2 Å². The van der Waals surface area contributed by atoms with Crippen LogP contribution in [0.4, 0.5) is 0 Å². The van der Waals surface area contributed by atoms with Crippen LogP contribution in [0.1, 0.15) is 24.8 Å². The minimum absolute atomic E-state index is 0.226. The molecule has 4 nitrogen and oxygen atoms in total. The van der Waals surface area contributed by atoms with Crippen molar-refractivity contribution in [2.24, 2.45) is 0 Å². The van der Waals surface area contributed by atoms with Gasteiger partial charge in [0.25, 0.3) is 0 Å². The van der Waals surface area contributed by atoms with Crippen molar-refractivity contribution in [3.05, 3.63) is 23.8 Å². The Labute approximate surface area is 121 Å². The van der Waals surface area contributed by atoms with E-state index in [1.807, 2.05) is 18.2 Å². The Morgan fingerprint density at radius 2 is 2.15 bits per heavy atom. The average molecular weight is 277 g/mol. The van der Waals surface area contributed by atoms with Crippen LogP contribution in [-0.4, -0.2) is 32.0 Å². The molecule has 1 aromatic carbocycles. The average Bonchev–Trinajstić information content (AvgIpc) is 2.49. The highest BCUT2D eigenvalue weighted by Crippen LogP contribution is 2.30. The fraction of sp³-hybridized carbons (Fsp3) is 0.500. The van der Waals surface area contributed by atoms with E-state index in [1.165, 1.54) is 0 Å². The predicted octanol–water partition coefficient (Wildman–Crippen LogP) is 1.96. The van der Waals surface area contributed by atoms with Crippen LogP contribution in [0.5, 0.6) is 11.5 Å². The van der Waals surface area contributed by atoms with Crippen molar-refractivity contribution in [2.45, 2.75) is 25.8 Å². The second kappa shape index (κ2) is 10.1. The lowest BCUT2D eigenvalue weighted by atomic mass is 10.1. The van der Waals surface area contributed by atoms with E-state index in [4.69, 9.17) is 21.0 Å². The summed E-state index contributed by atoms with van der Waals surface area (Å²) in [7, 11) is 1.62. The molecule has 2 N–H and O–H groups in total. The summed E-state index contributed by atoms with van der Waals surface area (Å²) in [5, 5.41) is 12.1. The zero-order valence-corrected chi connectivity index (χ0v) is 12.0. The zero-order chi connectivity index (χ0) is 14.6. The number of unbranched alkanes of at least 4 members (excludes halogenated alkanes) is 2. The summed E-state index contributed by atoms with van der Waals surface area (Å²) in [5.74, 6) is 3.86. The van der Waals surface area contributed by atoms with Crippen molar-refractivity contribution in [1.29, 1.82) is 0 Å². The molecule has 1 aromatic rings. The number of aliphatic hydroxyl groups is 1. The van der Waals surface area contributed by atoms with Crippen LogP contribution >= 0.6 is 0 Å². The monoisotopic (exact) mass is 277 g/mol. The standard InChI is InChI=1S/C16H23NO3/c1-3-12-20-16-14(8-7-9-15(16)19-2)13-17-10-5-4-6-11-18/h1,7-9,17-18H,4-6,10-13H2,2H3. The summed E-state index contributed by atoms with van der Waals surface area (Å²) < 4.78 is 10.9. The van der Waals surface area contributed by atoms with Crippen molar-refractivity contribution in [1.82, 2.24) is 5.32 Å². The molecule has 0 bridgehead atoms. The highest BCUT2D eigenvalue weighted by molar-refractivity contribution is 5.46. The van der Waals surface area contributed by atoms with Gasteiger partial charge in [0.1, 0.15) is 6.61 Å². The maximum absolute atomic E-state index is 8.71. The van der Waals surface area contributed by atoms with Crippen LogP contribution in [-0.2, 0) is 6.54 Å². The van der Waals surface area contributed by atoms with Crippen LogP contribution in [0, 0.1) is 12.3 Å². The molecule has 4 heteroatoms. The minimum atomic E-state index is 0.226. The molecule has 0 fully saturated rings. The largest absolute Gasteiger partial charge is 0.493 e. The molecular formula is C16H23NO3. The Hall–Kier alpha value is -1.70. The van der Waals surface area contributed by atoms with Crippen LogP contribution in [0.2, 0.25) is 0 Å². The van der Waals surface area contributed by atoms with Crippen LogP contribution in [0.3, 0.4) is 0 Å². The third kappa shape index (κ3) is 5.52. The quantitative estimate of drug-likeness (QED) is 0.507. The normalized spacial score (nSPS) is 10.1. The number of aliphatic hydroxyl groups excluding tert-OH is 1. The van der Waals surface area contributed by atoms with Crippen LogP contribution in [0.15, 0.2) is 18.2 Å². The highest BCUT2D eigenvalue weighted by atomic mass is 16.5. The summed E-state index contributed by atoms with van der Waals surface area (Å²) in [6.45, 7) is 2.10. The fourth-order valence-corrected chi connectivity index (χ4v) is 1.90. The van der Waals surface area contributed by atoms with Gasteiger partial charge < -0.3 is 19.9 Å². The van der Waals surface area contributed by atoms with Crippen LogP contribution in [0.25, 0.3) is 0 Å². The van der Waals surface area contributed by atoms with Gasteiger partial charge in [0.05, 0.1) is 7.11 Å². The zero-order valence-electron chi connectivity index (χ0n) is 12.0. The van der Waals surface area contributed by atoms with Crippen molar-refractivity contribution in [2.75, 3.05) is 26.9 Å². The van der Waals surface area contributed by atoms with E-state index in [2.05, 4.69) is 11.2 Å². The first-order chi connectivity index (χ1) is 9.83. The number of terminal acetylenes is 1. The van der Waals surface area contributed by atoms with E-state index in [9.17, 15) is 0 Å². The van der Waals surface area contributed by atoms with Crippen molar-refractivity contribution < 1.29 is 14.6 Å². The Morgan fingerprint density at radius 3 is 2.85 bits per heavy atom. The number of methoxy groups -OCH3 is 1. The molecular weight excluding hydrogens is 254 g/mol. The second-order valence-electron chi connectivity index (χ2n) is 4.40. The molecule has 0 amide bonds. The molecule has 1 rings (SSSR count). The van der Waals surface area contributed by atoms with Gasteiger partial charge in [0.2, 0.25) is 0 Å². The van der Waals surface area contributed by atoms with Gasteiger partial charge in [-0.3, -0.25) is 0 Å². The number of ether oxygens (including phenoxy) is 2. The number of para-hydroxylation sites is 1. The van der Waals surface area contributed by atoms with Crippen molar-refractivity contribution in [3.63, 3.8) is 0 Å². The van der Waals surface area contributed by atoms with Crippen LogP contribution < -0.4 is 14.8 Å². The third-order valence-corrected chi connectivity index (χ3v) is 2.91. The molecule has 0 aliphatic rings. The second-order valence-corrected chi connectivity index (χ2v) is 4.40. The summed E-state index contributed by atoms with van der Waals surface area (Å²) in [5.41, 5.74) is 1.03. The number of benzene rings is 1. The lowest BCUT2D eigenvalue weighted by molar-refractivity contribution is 0.282. The topological polar surface area (TPSA) is 50.7 Å². The number of nitrogens with one attached hydrogen (secondary N) is 1. The van der Waals surface area contributed by atoms with Gasteiger partial charge in [-0.25, -0.2) is 0 Å². The molecule has 0 radical (unpaired) electrons. The molecule has 0 heterocycles. The summed E-state index contributed by atoms with van der Waals surface area (Å²) in [4.78, 5) is 0. The summed E-state index contributed by atoms with van der Waals surface area (Å²) in [6, 6.07) is 5.79. The predicted molar refractivity (Wildman–Crippen MR) is 80.0 cm³/mol. The molecule has 0 unspecified atom stereocenters. The Balaban J connectivity index is 2.53. The molecule has 110 valence electrons. The van der Waals surface area contributed by atoms with Gasteiger partial charge in [-0.15, -0.1) is 6.42 Å². The van der Waals surface area contributed by atoms with E-state index in [1.54, 1.807) is 7.11 Å². The molecule has 20 heavy (non-hydrogen) atoms. The first-order valence-electron chi connectivity index (χ1n) is 6.87. The highest BCUT2D eigenvalue weighted by Gasteiger charge is 2.09. The molecule has 0 atom stereocenters. The first-order valence-corrected chi connectivity index (χ1v) is 6.87. The van der Waals surface area contributed by atoms with Gasteiger partial charge in [0, 0.05) is 18.7 Å². The molecule has 0 aromatic heterocycles. The SMILES string of the molecule is C#CCOc1c(CNCCCCCO)cccc1OC. The van der Waals surface area contributed by atoms with Gasteiger partial charge >= 0.3 is 0 Å². The minimum Gasteiger partial charge on any atom is -0.493 e. The number of rotatable bonds is 10. The first kappa shape index (κ1) is 16.4. The molecule has 0 spiro atoms. The summed E-state index contributed by atoms with van der Waals surface area (Å²) in [6.07, 6.45) is 8.17. The fourth-order valence-electron chi connectivity index (χ4n) is 1.90. The maximum Gasteiger partial charge on any atom is 0.167 e. The van der Waals surface area contributed by atoms with E-state index < -0.39 is 0 Å². The lowest BCUT2D eigenvalue weighted by Crippen LogP contribution is -2.16. The van der Waals surface area contributed by atoms with Crippen molar-refractivity contribution in [3.8, 4) is 23.8 Å². The smallest absolute Gasteiger partial charge is 0.167 e. The Kier molecular flexibility index (Phi) is 8.28. The lowest BCUT2D eigenvalue weighted by Gasteiger charge is -2.14.